The second-order valence-electron chi connectivity index (χ2n) is 26.5. The van der Waals surface area contributed by atoms with E-state index in [1.807, 2.05) is 0 Å². The lowest BCUT2D eigenvalue weighted by Gasteiger charge is -2.21. The van der Waals surface area contributed by atoms with E-state index in [2.05, 4.69) is 55.4 Å². The van der Waals surface area contributed by atoms with Crippen molar-refractivity contribution in [3.8, 4) is 0 Å². The molecule has 0 saturated heterocycles. The van der Waals surface area contributed by atoms with Gasteiger partial charge in [-0.2, -0.15) is 0 Å². The zero-order valence-electron chi connectivity index (χ0n) is 58.1. The van der Waals surface area contributed by atoms with Crippen molar-refractivity contribution >= 4 is 39.5 Å². The maximum atomic E-state index is 13.0. The molecule has 0 aromatic heterocycles. The molecule has 0 aliphatic carbocycles. The normalized spacial score (nSPS) is 15.2. The smallest absolute Gasteiger partial charge is 0.462 e. The van der Waals surface area contributed by atoms with Crippen LogP contribution in [0.5, 0.6) is 0 Å². The molecule has 0 aromatic carbocycles. The summed E-state index contributed by atoms with van der Waals surface area (Å²) in [5.74, 6) is 0.931. The molecule has 528 valence electrons. The summed E-state index contributed by atoms with van der Waals surface area (Å²) >= 11 is 0. The third-order valence-electron chi connectivity index (χ3n) is 17.2. The number of phosphoric acid groups is 2. The minimum Gasteiger partial charge on any atom is -0.462 e. The first-order chi connectivity index (χ1) is 42.7. The van der Waals surface area contributed by atoms with Crippen molar-refractivity contribution in [3.63, 3.8) is 0 Å². The Balaban J connectivity index is 5.27. The van der Waals surface area contributed by atoms with Crippen LogP contribution in [-0.2, 0) is 65.4 Å². The molecule has 0 aliphatic rings. The summed E-state index contributed by atoms with van der Waals surface area (Å²) in [5, 5.41) is 10.6. The number of esters is 4. The highest BCUT2D eigenvalue weighted by molar-refractivity contribution is 7.47. The van der Waals surface area contributed by atoms with Crippen LogP contribution < -0.4 is 0 Å². The number of rotatable bonds is 67. The quantitative estimate of drug-likeness (QED) is 0.0222. The Kier molecular flexibility index (Phi) is 58.5. The van der Waals surface area contributed by atoms with E-state index in [0.717, 1.165) is 120 Å². The molecule has 0 bridgehead atoms. The molecule has 3 N–H and O–H groups in total. The average molecular weight is 1310 g/mol. The van der Waals surface area contributed by atoms with Gasteiger partial charge in [0.25, 0.3) is 0 Å². The third-order valence-corrected chi connectivity index (χ3v) is 19.1. The van der Waals surface area contributed by atoms with E-state index >= 15 is 0 Å². The number of hydrogen-bond donors (Lipinski definition) is 3. The fourth-order valence-electron chi connectivity index (χ4n) is 10.4. The van der Waals surface area contributed by atoms with E-state index < -0.39 is 97.5 Å². The zero-order chi connectivity index (χ0) is 66.1. The van der Waals surface area contributed by atoms with Crippen molar-refractivity contribution < 1.29 is 80.2 Å². The standard InChI is InChI=1S/C70H136O17P2/c1-9-61(6)47-39-31-23-17-13-15-19-26-36-44-52-69(74)86-66(57-81-68(73)51-43-35-29-28-33-41-49-63(8)11-3)59-85-89(78,79)83-55-64(71)54-82-88(76,77)84-58-65(87-70(75)53-45-37-27-21-20-24-32-40-48-62(7)10-2)56-80-67(72)50-42-34-25-18-14-12-16-22-30-38-46-60(4)5/h60-66,71H,9-59H2,1-8H3,(H,76,77)(H,78,79)/t61?,62?,63?,64-,65-,66-/m1/s1. The summed E-state index contributed by atoms with van der Waals surface area (Å²) in [6, 6.07) is 0. The Labute approximate surface area is 543 Å². The molecule has 0 heterocycles. The Morgan fingerprint density at radius 3 is 0.798 bits per heavy atom. The molecule has 89 heavy (non-hydrogen) atoms. The van der Waals surface area contributed by atoms with Crippen molar-refractivity contribution in [2.24, 2.45) is 23.7 Å². The number of carbonyl (C=O) groups excluding carboxylic acids is 4. The van der Waals surface area contributed by atoms with Crippen LogP contribution in [0.15, 0.2) is 0 Å². The molecule has 0 rings (SSSR count). The van der Waals surface area contributed by atoms with Crippen LogP contribution in [0.4, 0.5) is 0 Å². The lowest BCUT2D eigenvalue weighted by molar-refractivity contribution is -0.161. The predicted octanol–water partition coefficient (Wildman–Crippen LogP) is 19.7. The van der Waals surface area contributed by atoms with Crippen molar-refractivity contribution in [1.82, 2.24) is 0 Å². The summed E-state index contributed by atoms with van der Waals surface area (Å²) in [4.78, 5) is 72.6. The fraction of sp³-hybridized carbons (Fsp3) is 0.943. The zero-order valence-corrected chi connectivity index (χ0v) is 59.8. The van der Waals surface area contributed by atoms with Gasteiger partial charge in [-0.3, -0.25) is 37.3 Å². The van der Waals surface area contributed by atoms with Gasteiger partial charge in [0.2, 0.25) is 0 Å². The van der Waals surface area contributed by atoms with Crippen LogP contribution in [0.1, 0.15) is 344 Å². The Bertz CT molecular complexity index is 1770. The van der Waals surface area contributed by atoms with Gasteiger partial charge in [-0.25, -0.2) is 9.13 Å². The van der Waals surface area contributed by atoms with Crippen molar-refractivity contribution in [3.05, 3.63) is 0 Å². The summed E-state index contributed by atoms with van der Waals surface area (Å²) in [7, 11) is -9.90. The van der Waals surface area contributed by atoms with Crippen LogP contribution in [-0.4, -0.2) is 96.7 Å². The van der Waals surface area contributed by atoms with Gasteiger partial charge in [-0.1, -0.05) is 293 Å². The van der Waals surface area contributed by atoms with Gasteiger partial charge in [-0.05, 0) is 49.4 Å². The first-order valence-electron chi connectivity index (χ1n) is 36.3. The maximum absolute atomic E-state index is 13.0. The van der Waals surface area contributed by atoms with Gasteiger partial charge < -0.3 is 33.8 Å². The first kappa shape index (κ1) is 87.1. The molecule has 0 aromatic rings. The van der Waals surface area contributed by atoms with E-state index in [9.17, 15) is 43.2 Å². The molecule has 0 radical (unpaired) electrons. The highest BCUT2D eigenvalue weighted by atomic mass is 31.2. The van der Waals surface area contributed by atoms with Gasteiger partial charge in [-0.15, -0.1) is 0 Å². The van der Waals surface area contributed by atoms with Crippen molar-refractivity contribution in [1.29, 1.82) is 0 Å². The highest BCUT2D eigenvalue weighted by Gasteiger charge is 2.30. The fourth-order valence-corrected chi connectivity index (χ4v) is 12.0. The molecule has 5 unspecified atom stereocenters. The van der Waals surface area contributed by atoms with E-state index in [4.69, 9.17) is 37.0 Å². The summed E-state index contributed by atoms with van der Waals surface area (Å²) in [5.41, 5.74) is 0. The SMILES string of the molecule is CCC(C)CCCCCCCCCCCCC(=O)O[C@H](COC(=O)CCCCCCCCC(C)CC)COP(=O)(O)OC[C@H](O)COP(=O)(O)OC[C@@H](COC(=O)CCCCCCCCCCCCC(C)C)OC(=O)CCCCCCCCCCC(C)CC. The second kappa shape index (κ2) is 59.8. The van der Waals surface area contributed by atoms with Crippen molar-refractivity contribution in [2.45, 2.75) is 363 Å². The summed E-state index contributed by atoms with van der Waals surface area (Å²) < 4.78 is 68.3. The minimum atomic E-state index is -4.95. The van der Waals surface area contributed by atoms with Gasteiger partial charge in [0.15, 0.2) is 12.2 Å². The minimum absolute atomic E-state index is 0.104. The largest absolute Gasteiger partial charge is 0.472 e. The number of carbonyl (C=O) groups is 4. The highest BCUT2D eigenvalue weighted by Crippen LogP contribution is 2.45. The number of aliphatic hydroxyl groups excluding tert-OH is 1. The molecule has 8 atom stereocenters. The van der Waals surface area contributed by atoms with E-state index in [1.54, 1.807) is 0 Å². The topological polar surface area (TPSA) is 237 Å². The number of hydrogen-bond acceptors (Lipinski definition) is 15. The molecule has 0 amide bonds. The van der Waals surface area contributed by atoms with Crippen LogP contribution >= 0.6 is 15.6 Å². The summed E-state index contributed by atoms with van der Waals surface area (Å²) in [6.45, 7) is 14.1. The van der Waals surface area contributed by atoms with E-state index in [1.165, 1.54) is 141 Å². The number of unbranched alkanes of at least 4 members (excludes halogenated alkanes) is 30. The molecule has 0 saturated carbocycles. The van der Waals surface area contributed by atoms with Gasteiger partial charge in [0.05, 0.1) is 26.4 Å². The molecule has 19 heteroatoms. The number of ether oxygens (including phenoxy) is 4. The summed E-state index contributed by atoms with van der Waals surface area (Å²) in [6.07, 6.45) is 41.5. The molecular weight excluding hydrogens is 1170 g/mol. The molecule has 0 fully saturated rings. The van der Waals surface area contributed by atoms with Crippen LogP contribution in [0, 0.1) is 23.7 Å². The van der Waals surface area contributed by atoms with Gasteiger partial charge >= 0.3 is 39.5 Å². The van der Waals surface area contributed by atoms with Gasteiger partial charge in [0, 0.05) is 25.7 Å². The lowest BCUT2D eigenvalue weighted by atomic mass is 9.99. The molecule has 17 nitrogen and oxygen atoms in total. The number of phosphoric ester groups is 2. The monoisotopic (exact) mass is 1310 g/mol. The van der Waals surface area contributed by atoms with Crippen LogP contribution in [0.3, 0.4) is 0 Å². The molecule has 0 spiro atoms. The Morgan fingerprint density at radius 2 is 0.539 bits per heavy atom. The molecule has 0 aliphatic heterocycles. The lowest BCUT2D eigenvalue weighted by Crippen LogP contribution is -2.30. The van der Waals surface area contributed by atoms with Crippen LogP contribution in [0.25, 0.3) is 0 Å². The second-order valence-corrected chi connectivity index (χ2v) is 29.4. The molecular formula is C70H136O17P2. The van der Waals surface area contributed by atoms with E-state index in [-0.39, 0.29) is 25.7 Å². The predicted molar refractivity (Wildman–Crippen MR) is 358 cm³/mol. The van der Waals surface area contributed by atoms with Gasteiger partial charge in [0.1, 0.15) is 19.3 Å². The average Bonchev–Trinajstić information content (AvgIpc) is 3.72. The Morgan fingerprint density at radius 1 is 0.315 bits per heavy atom. The third kappa shape index (κ3) is 60.7. The van der Waals surface area contributed by atoms with Crippen LogP contribution in [0.2, 0.25) is 0 Å². The maximum Gasteiger partial charge on any atom is 0.472 e. The van der Waals surface area contributed by atoms with E-state index in [0.29, 0.717) is 25.7 Å². The Hall–Kier alpha value is -1.94. The number of aliphatic hydroxyl groups is 1. The first-order valence-corrected chi connectivity index (χ1v) is 39.3. The van der Waals surface area contributed by atoms with Crippen molar-refractivity contribution in [2.75, 3.05) is 39.6 Å².